The van der Waals surface area contributed by atoms with Crippen LogP contribution in [0.3, 0.4) is 0 Å². The van der Waals surface area contributed by atoms with E-state index in [1.54, 1.807) is 24.3 Å². The van der Waals surface area contributed by atoms with Crippen LogP contribution < -0.4 is 5.32 Å². The van der Waals surface area contributed by atoms with Gasteiger partial charge in [0.25, 0.3) is 0 Å². The third-order valence-corrected chi connectivity index (χ3v) is 6.67. The van der Waals surface area contributed by atoms with Crippen LogP contribution in [0.1, 0.15) is 44.1 Å². The molecule has 2 N–H and O–H groups in total. The number of Topliss-reactive ketones (excluding diaryl/α,β-unsaturated/α-hetero) is 1. The van der Waals surface area contributed by atoms with Crippen molar-refractivity contribution in [1.29, 1.82) is 0 Å². The van der Waals surface area contributed by atoms with Gasteiger partial charge in [-0.1, -0.05) is 43.0 Å². The van der Waals surface area contributed by atoms with E-state index >= 15 is 0 Å². The second-order valence-corrected chi connectivity index (χ2v) is 8.88. The summed E-state index contributed by atoms with van der Waals surface area (Å²) in [6.45, 7) is 0. The van der Waals surface area contributed by atoms with E-state index in [0.29, 0.717) is 37.1 Å². The number of alkyl halides is 3. The molecule has 1 amide bonds. The van der Waals surface area contributed by atoms with Gasteiger partial charge in [0.15, 0.2) is 0 Å². The Kier molecular flexibility index (Phi) is 7.29. The summed E-state index contributed by atoms with van der Waals surface area (Å²) in [6.07, 6.45) is -1.26. The molecule has 9 heteroatoms. The average Bonchev–Trinajstić information content (AvgIpc) is 2.69. The van der Waals surface area contributed by atoms with E-state index in [4.69, 9.17) is 11.6 Å². The van der Waals surface area contributed by atoms with Crippen molar-refractivity contribution < 1.29 is 32.7 Å². The van der Waals surface area contributed by atoms with Crippen LogP contribution in [0.15, 0.2) is 24.3 Å². The molecule has 2 fully saturated rings. The summed E-state index contributed by atoms with van der Waals surface area (Å²) >= 11 is 5.92. The Bertz CT molecular complexity index is 838. The number of carboxylic acids is 1. The molecule has 4 atom stereocenters. The molecule has 0 radical (unpaired) electrons. The molecule has 0 aromatic heterocycles. The van der Waals surface area contributed by atoms with Gasteiger partial charge < -0.3 is 10.4 Å². The molecule has 2 saturated carbocycles. The molecular formula is C22H25ClF3NO4. The maximum Gasteiger partial charge on any atom is 0.408 e. The summed E-state index contributed by atoms with van der Waals surface area (Å²) in [5, 5.41) is 12.0. The minimum absolute atomic E-state index is 0.186. The minimum Gasteiger partial charge on any atom is -0.481 e. The van der Waals surface area contributed by atoms with E-state index in [-0.39, 0.29) is 6.42 Å². The van der Waals surface area contributed by atoms with Crippen molar-refractivity contribution in [3.05, 3.63) is 34.9 Å². The van der Waals surface area contributed by atoms with Crippen molar-refractivity contribution in [1.82, 2.24) is 5.32 Å². The number of halogens is 4. The Morgan fingerprint density at radius 3 is 2.45 bits per heavy atom. The first-order valence-electron chi connectivity index (χ1n) is 10.5. The summed E-state index contributed by atoms with van der Waals surface area (Å²) in [5.74, 6) is -7.68. The van der Waals surface area contributed by atoms with Gasteiger partial charge in [0.1, 0.15) is 17.7 Å². The number of nitrogens with one attached hydrogen (secondary N) is 1. The number of rotatable bonds is 7. The van der Waals surface area contributed by atoms with Gasteiger partial charge in [0.05, 0.1) is 5.92 Å². The van der Waals surface area contributed by atoms with Crippen LogP contribution in [0.5, 0.6) is 0 Å². The number of carboxylic acid groups (broad SMARTS) is 1. The Balaban J connectivity index is 1.68. The second-order valence-electron chi connectivity index (χ2n) is 8.45. The lowest BCUT2D eigenvalue weighted by Crippen LogP contribution is -2.61. The topological polar surface area (TPSA) is 83.5 Å². The van der Waals surface area contributed by atoms with E-state index in [2.05, 4.69) is 0 Å². The highest BCUT2D eigenvalue weighted by Gasteiger charge is 2.58. The lowest BCUT2D eigenvalue weighted by molar-refractivity contribution is -0.180. The molecule has 0 heterocycles. The van der Waals surface area contributed by atoms with Crippen LogP contribution in [0.25, 0.3) is 0 Å². The van der Waals surface area contributed by atoms with Gasteiger partial charge in [-0.3, -0.25) is 14.4 Å². The van der Waals surface area contributed by atoms with Crippen LogP contribution in [0.2, 0.25) is 5.02 Å². The number of benzene rings is 1. The molecule has 0 saturated heterocycles. The lowest BCUT2D eigenvalue weighted by atomic mass is 9.61. The molecule has 0 aliphatic heterocycles. The highest BCUT2D eigenvalue weighted by atomic mass is 35.5. The third kappa shape index (κ3) is 5.40. The number of hydrogen-bond donors (Lipinski definition) is 2. The lowest BCUT2D eigenvalue weighted by Gasteiger charge is -2.41. The van der Waals surface area contributed by atoms with Crippen molar-refractivity contribution >= 4 is 29.3 Å². The fourth-order valence-corrected chi connectivity index (χ4v) is 5.03. The van der Waals surface area contributed by atoms with Gasteiger partial charge in [-0.25, -0.2) is 0 Å². The summed E-state index contributed by atoms with van der Waals surface area (Å²) in [5.41, 5.74) is 0.812. The van der Waals surface area contributed by atoms with Gasteiger partial charge >= 0.3 is 12.1 Å². The smallest absolute Gasteiger partial charge is 0.408 e. The molecule has 1 unspecified atom stereocenters. The Hall–Kier alpha value is -2.09. The van der Waals surface area contributed by atoms with Crippen LogP contribution in [0.4, 0.5) is 13.2 Å². The van der Waals surface area contributed by atoms with Crippen molar-refractivity contribution in [2.45, 2.75) is 57.2 Å². The fraction of sp³-hybridized carbons (Fsp3) is 0.591. The number of carbonyl (C=O) groups is 3. The zero-order chi connectivity index (χ0) is 22.8. The van der Waals surface area contributed by atoms with Crippen molar-refractivity contribution in [3.63, 3.8) is 0 Å². The van der Waals surface area contributed by atoms with Gasteiger partial charge in [-0.05, 0) is 49.3 Å². The molecule has 0 spiro atoms. The molecule has 5 nitrogen and oxygen atoms in total. The average molecular weight is 460 g/mol. The fourth-order valence-electron chi connectivity index (χ4n) is 4.82. The van der Waals surface area contributed by atoms with Crippen LogP contribution in [0, 0.1) is 23.7 Å². The van der Waals surface area contributed by atoms with E-state index in [1.807, 2.05) is 5.32 Å². The SMILES string of the molecule is O=C(N[C@@H](C1CCCCC1)C(F)(F)F)C1C(=O)[C@H](CCc2cccc(Cl)c2)[C@H]1C(=O)O. The first kappa shape index (κ1) is 23.6. The van der Waals surface area contributed by atoms with Gasteiger partial charge in [0, 0.05) is 10.9 Å². The van der Waals surface area contributed by atoms with Gasteiger partial charge in [0.2, 0.25) is 5.91 Å². The predicted octanol–water partition coefficient (Wildman–Crippen LogP) is 4.42. The summed E-state index contributed by atoms with van der Waals surface area (Å²) in [4.78, 5) is 36.9. The molecule has 2 aliphatic rings. The Morgan fingerprint density at radius 2 is 1.87 bits per heavy atom. The minimum atomic E-state index is -4.66. The van der Waals surface area contributed by atoms with E-state index in [1.165, 1.54) is 0 Å². The monoisotopic (exact) mass is 459 g/mol. The standard InChI is InChI=1S/C22H25ClF3NO4/c23-14-8-4-5-12(11-14)9-10-15-16(21(30)31)17(18(15)28)20(29)27-19(22(24,25)26)13-6-2-1-3-7-13/h4-5,8,11,13,15-17,19H,1-3,6-7,9-10H2,(H,27,29)(H,30,31)/t15-,16-,17?,19+/m1/s1. The van der Waals surface area contributed by atoms with Crippen LogP contribution in [-0.2, 0) is 20.8 Å². The Morgan fingerprint density at radius 1 is 1.19 bits per heavy atom. The van der Waals surface area contributed by atoms with E-state index in [0.717, 1.165) is 12.0 Å². The first-order chi connectivity index (χ1) is 14.6. The quantitative estimate of drug-likeness (QED) is 0.591. The molecule has 3 rings (SSSR count). The highest BCUT2D eigenvalue weighted by molar-refractivity contribution is 6.30. The van der Waals surface area contributed by atoms with Crippen molar-refractivity contribution in [3.8, 4) is 0 Å². The summed E-state index contributed by atoms with van der Waals surface area (Å²) < 4.78 is 40.8. The maximum atomic E-state index is 13.6. The largest absolute Gasteiger partial charge is 0.481 e. The van der Waals surface area contributed by atoms with Gasteiger partial charge in [-0.2, -0.15) is 13.2 Å². The molecular weight excluding hydrogens is 435 g/mol. The number of amides is 1. The van der Waals surface area contributed by atoms with Crippen molar-refractivity contribution in [2.24, 2.45) is 23.7 Å². The number of aryl methyl sites for hydroxylation is 1. The third-order valence-electron chi connectivity index (χ3n) is 6.44. The zero-order valence-corrected chi connectivity index (χ0v) is 17.6. The Labute approximate surface area is 183 Å². The van der Waals surface area contributed by atoms with Crippen molar-refractivity contribution in [2.75, 3.05) is 0 Å². The normalized spacial score (nSPS) is 25.5. The number of ketones is 1. The number of hydrogen-bond acceptors (Lipinski definition) is 3. The van der Waals surface area contributed by atoms with E-state index < -0.39 is 53.5 Å². The molecule has 31 heavy (non-hydrogen) atoms. The first-order valence-corrected chi connectivity index (χ1v) is 10.9. The predicted molar refractivity (Wildman–Crippen MR) is 107 cm³/mol. The van der Waals surface area contributed by atoms with Crippen LogP contribution >= 0.6 is 11.6 Å². The van der Waals surface area contributed by atoms with E-state index in [9.17, 15) is 32.7 Å². The molecule has 170 valence electrons. The molecule has 1 aromatic carbocycles. The summed E-state index contributed by atoms with van der Waals surface area (Å²) in [7, 11) is 0. The number of aliphatic carboxylic acids is 1. The summed E-state index contributed by atoms with van der Waals surface area (Å²) in [6, 6.07) is 4.83. The molecule has 1 aromatic rings. The highest BCUT2D eigenvalue weighted by Crippen LogP contribution is 2.41. The second kappa shape index (κ2) is 9.59. The molecule has 2 aliphatic carbocycles. The zero-order valence-electron chi connectivity index (χ0n) is 16.8. The number of carbonyl (C=O) groups excluding carboxylic acids is 2. The van der Waals surface area contributed by atoms with Gasteiger partial charge in [-0.15, -0.1) is 0 Å². The molecule has 0 bridgehead atoms. The maximum absolute atomic E-state index is 13.6. The van der Waals surface area contributed by atoms with Crippen LogP contribution in [-0.4, -0.2) is 35.0 Å².